The Kier molecular flexibility index (Phi) is 6.26. The summed E-state index contributed by atoms with van der Waals surface area (Å²) in [4.78, 5) is 24.2. The Morgan fingerprint density at radius 2 is 1.80 bits per heavy atom. The van der Waals surface area contributed by atoms with Crippen molar-refractivity contribution < 1.29 is 23.8 Å². The van der Waals surface area contributed by atoms with E-state index in [0.29, 0.717) is 28.8 Å². The minimum absolute atomic E-state index is 0.195. The number of nitriles is 1. The summed E-state index contributed by atoms with van der Waals surface area (Å²) in [6.45, 7) is -0.455. The highest BCUT2D eigenvalue weighted by Gasteiger charge is 2.35. The lowest BCUT2D eigenvalue weighted by molar-refractivity contribution is -0.125. The Bertz CT molecular complexity index is 682. The third-order valence-corrected chi connectivity index (χ3v) is 4.85. The van der Waals surface area contributed by atoms with Crippen molar-refractivity contribution >= 4 is 27.8 Å². The smallest absolute Gasteiger partial charge is 0.338 e. The van der Waals surface area contributed by atoms with Crippen molar-refractivity contribution in [3.05, 3.63) is 22.2 Å². The summed E-state index contributed by atoms with van der Waals surface area (Å²) in [5.74, 6) is -0.361. The zero-order chi connectivity index (χ0) is 18.4. The molecular weight excluding hydrogens is 392 g/mol. The molecule has 1 aromatic carbocycles. The number of ether oxygens (including phenoxy) is 3. The molecular formula is C17H19BrN2O5. The van der Waals surface area contributed by atoms with Crippen molar-refractivity contribution in [2.24, 2.45) is 0 Å². The van der Waals surface area contributed by atoms with E-state index in [-0.39, 0.29) is 5.56 Å². The quantitative estimate of drug-likeness (QED) is 0.723. The maximum Gasteiger partial charge on any atom is 0.338 e. The number of benzene rings is 1. The summed E-state index contributed by atoms with van der Waals surface area (Å²) in [6, 6.07) is 5.13. The summed E-state index contributed by atoms with van der Waals surface area (Å²) in [5, 5.41) is 11.9. The van der Waals surface area contributed by atoms with Crippen molar-refractivity contribution in [1.29, 1.82) is 5.26 Å². The van der Waals surface area contributed by atoms with Gasteiger partial charge in [0, 0.05) is 0 Å². The number of methoxy groups -OCH3 is 2. The Balaban J connectivity index is 2.00. The molecule has 0 aromatic heterocycles. The van der Waals surface area contributed by atoms with Crippen LogP contribution >= 0.6 is 15.9 Å². The van der Waals surface area contributed by atoms with Crippen LogP contribution in [0.15, 0.2) is 16.6 Å². The number of hydrogen-bond acceptors (Lipinski definition) is 6. The van der Waals surface area contributed by atoms with Gasteiger partial charge in [0.1, 0.15) is 21.5 Å². The van der Waals surface area contributed by atoms with Gasteiger partial charge in [-0.3, -0.25) is 4.79 Å². The van der Waals surface area contributed by atoms with Crippen LogP contribution in [0.2, 0.25) is 0 Å². The number of rotatable bonds is 6. The number of nitrogens with zero attached hydrogens (tertiary/aromatic N) is 1. The number of amides is 1. The van der Waals surface area contributed by atoms with Crippen LogP contribution in [0, 0.1) is 11.3 Å². The van der Waals surface area contributed by atoms with E-state index in [4.69, 9.17) is 14.2 Å². The van der Waals surface area contributed by atoms with Gasteiger partial charge in [0.15, 0.2) is 6.61 Å². The molecule has 7 nitrogen and oxygen atoms in total. The van der Waals surface area contributed by atoms with Crippen LogP contribution in [0.1, 0.15) is 36.0 Å². The highest BCUT2D eigenvalue weighted by atomic mass is 79.9. The van der Waals surface area contributed by atoms with Gasteiger partial charge in [-0.1, -0.05) is 0 Å². The first kappa shape index (κ1) is 19.1. The normalized spacial score (nSPS) is 15.1. The molecule has 25 heavy (non-hydrogen) atoms. The lowest BCUT2D eigenvalue weighted by atomic mass is 10.00. The first-order valence-electron chi connectivity index (χ1n) is 7.75. The lowest BCUT2D eigenvalue weighted by Gasteiger charge is -2.21. The second-order valence-electron chi connectivity index (χ2n) is 5.72. The van der Waals surface area contributed by atoms with Gasteiger partial charge in [0.2, 0.25) is 0 Å². The summed E-state index contributed by atoms with van der Waals surface area (Å²) in [7, 11) is 2.93. The molecule has 0 saturated heterocycles. The average Bonchev–Trinajstić information content (AvgIpc) is 3.08. The van der Waals surface area contributed by atoms with Crippen molar-refractivity contribution in [1.82, 2.24) is 5.32 Å². The molecule has 8 heteroatoms. The Labute approximate surface area is 154 Å². The van der Waals surface area contributed by atoms with Gasteiger partial charge >= 0.3 is 5.97 Å². The van der Waals surface area contributed by atoms with Crippen LogP contribution in [-0.4, -0.2) is 38.2 Å². The summed E-state index contributed by atoms with van der Waals surface area (Å²) < 4.78 is 16.0. The van der Waals surface area contributed by atoms with E-state index in [1.807, 2.05) is 0 Å². The molecule has 0 radical (unpaired) electrons. The fraction of sp³-hybridized carbons (Fsp3) is 0.471. The fourth-order valence-electron chi connectivity index (χ4n) is 2.75. The molecule has 2 rings (SSSR count). The van der Waals surface area contributed by atoms with E-state index in [1.54, 1.807) is 0 Å². The van der Waals surface area contributed by atoms with E-state index in [0.717, 1.165) is 12.8 Å². The molecule has 0 bridgehead atoms. The zero-order valence-electron chi connectivity index (χ0n) is 14.1. The van der Waals surface area contributed by atoms with Crippen LogP contribution < -0.4 is 14.8 Å². The molecule has 0 unspecified atom stereocenters. The highest BCUT2D eigenvalue weighted by molar-refractivity contribution is 9.10. The third-order valence-electron chi connectivity index (χ3n) is 4.07. The maximum absolute atomic E-state index is 12.2. The van der Waals surface area contributed by atoms with E-state index in [1.165, 1.54) is 26.4 Å². The first-order chi connectivity index (χ1) is 11.9. The second kappa shape index (κ2) is 8.21. The number of halogens is 1. The number of carbonyl (C=O) groups excluding carboxylic acids is 2. The summed E-state index contributed by atoms with van der Waals surface area (Å²) >= 11 is 3.31. The predicted molar refractivity (Wildman–Crippen MR) is 92.5 cm³/mol. The molecule has 1 aliphatic rings. The van der Waals surface area contributed by atoms with E-state index in [9.17, 15) is 14.9 Å². The summed E-state index contributed by atoms with van der Waals surface area (Å²) in [6.07, 6.45) is 3.02. The number of esters is 1. The largest absolute Gasteiger partial charge is 0.495 e. The number of carbonyl (C=O) groups is 2. The van der Waals surface area contributed by atoms with Crippen molar-refractivity contribution in [3.8, 4) is 17.6 Å². The van der Waals surface area contributed by atoms with Crippen molar-refractivity contribution in [2.75, 3.05) is 20.8 Å². The molecule has 1 aliphatic carbocycles. The monoisotopic (exact) mass is 410 g/mol. The van der Waals surface area contributed by atoms with Crippen molar-refractivity contribution in [3.63, 3.8) is 0 Å². The fourth-order valence-corrected chi connectivity index (χ4v) is 3.30. The zero-order valence-corrected chi connectivity index (χ0v) is 15.6. The van der Waals surface area contributed by atoms with Crippen LogP contribution in [0.4, 0.5) is 0 Å². The minimum atomic E-state index is -0.840. The van der Waals surface area contributed by atoms with Crippen LogP contribution in [0.5, 0.6) is 11.5 Å². The molecule has 1 amide bonds. The lowest BCUT2D eigenvalue weighted by Crippen LogP contribution is -2.46. The minimum Gasteiger partial charge on any atom is -0.495 e. The Hall–Kier alpha value is -2.27. The molecule has 1 saturated carbocycles. The van der Waals surface area contributed by atoms with E-state index in [2.05, 4.69) is 27.3 Å². The molecule has 134 valence electrons. The number of nitrogens with one attached hydrogen (secondary N) is 1. The predicted octanol–water partition coefficient (Wildman–Crippen LogP) is 2.58. The first-order valence-corrected chi connectivity index (χ1v) is 8.55. The number of hydrogen-bond donors (Lipinski definition) is 1. The van der Waals surface area contributed by atoms with Gasteiger partial charge < -0.3 is 19.5 Å². The van der Waals surface area contributed by atoms with Gasteiger partial charge in [-0.2, -0.15) is 5.26 Å². The maximum atomic E-state index is 12.2. The van der Waals surface area contributed by atoms with Gasteiger partial charge in [-0.25, -0.2) is 4.79 Å². The van der Waals surface area contributed by atoms with E-state index >= 15 is 0 Å². The topological polar surface area (TPSA) is 97.6 Å². The van der Waals surface area contributed by atoms with Crippen LogP contribution in [0.25, 0.3) is 0 Å². The molecule has 0 heterocycles. The van der Waals surface area contributed by atoms with E-state index < -0.39 is 24.0 Å². The molecule has 0 spiro atoms. The molecule has 1 aromatic rings. The molecule has 0 aliphatic heterocycles. The Morgan fingerprint density at radius 3 is 2.28 bits per heavy atom. The van der Waals surface area contributed by atoms with Gasteiger partial charge in [-0.05, 0) is 53.7 Å². The van der Waals surface area contributed by atoms with Crippen LogP contribution in [0.3, 0.4) is 0 Å². The molecule has 1 N–H and O–H groups in total. The summed E-state index contributed by atoms with van der Waals surface area (Å²) in [5.41, 5.74) is -0.645. The third kappa shape index (κ3) is 4.42. The second-order valence-corrected chi connectivity index (χ2v) is 6.51. The van der Waals surface area contributed by atoms with Gasteiger partial charge in [0.25, 0.3) is 5.91 Å². The van der Waals surface area contributed by atoms with Crippen LogP contribution in [-0.2, 0) is 9.53 Å². The van der Waals surface area contributed by atoms with Gasteiger partial charge in [-0.15, -0.1) is 0 Å². The Morgan fingerprint density at radius 1 is 1.24 bits per heavy atom. The molecule has 0 atom stereocenters. The highest BCUT2D eigenvalue weighted by Crippen LogP contribution is 2.35. The average molecular weight is 411 g/mol. The van der Waals surface area contributed by atoms with Gasteiger partial charge in [0.05, 0.1) is 25.9 Å². The SMILES string of the molecule is COc1cc(C(=O)OCC(=O)NC2(C#N)CCCC2)cc(OC)c1Br. The molecule has 1 fully saturated rings. The van der Waals surface area contributed by atoms with Crippen molar-refractivity contribution in [2.45, 2.75) is 31.2 Å². The standard InChI is InChI=1S/C17H19BrN2O5/c1-23-12-7-11(8-13(24-2)15(12)18)16(22)25-9-14(21)20-17(10-19)5-3-4-6-17/h7-8H,3-6,9H2,1-2H3,(H,20,21).